The summed E-state index contributed by atoms with van der Waals surface area (Å²) >= 11 is 0. The Kier molecular flexibility index (Phi) is 8.14. The minimum absolute atomic E-state index is 0. The largest absolute Gasteiger partial charge is 0.349 e. The number of rotatable bonds is 6. The molecule has 136 valence electrons. The first-order valence-electron chi connectivity index (χ1n) is 8.20. The molecule has 0 aromatic carbocycles. The van der Waals surface area contributed by atoms with Crippen molar-refractivity contribution in [2.75, 3.05) is 13.1 Å². The molecule has 0 saturated heterocycles. The van der Waals surface area contributed by atoms with E-state index in [1.54, 1.807) is 7.05 Å². The third-order valence-corrected chi connectivity index (χ3v) is 4.29. The quantitative estimate of drug-likeness (QED) is 0.350. The monoisotopic (exact) mass is 359 g/mol. The number of nitro groups is 1. The standard InChI is InChI=1S/C15H25N5O3.ClH/c1-11-13(20(22)23)14(19(2)18-11)15(21)17-10-9-16-12-7-5-3-4-6-8-12;/h12,16H,3-10H2,1-2H3,(H,17,21);1H. The second-order valence-corrected chi connectivity index (χ2v) is 6.06. The Morgan fingerprint density at radius 2 is 1.92 bits per heavy atom. The van der Waals surface area contributed by atoms with E-state index >= 15 is 0 Å². The van der Waals surface area contributed by atoms with Gasteiger partial charge in [-0.3, -0.25) is 19.6 Å². The molecule has 8 nitrogen and oxygen atoms in total. The van der Waals surface area contributed by atoms with Gasteiger partial charge in [0.1, 0.15) is 5.69 Å². The number of carbonyl (C=O) groups is 1. The second-order valence-electron chi connectivity index (χ2n) is 6.06. The molecule has 0 bridgehead atoms. The Labute approximate surface area is 147 Å². The topological polar surface area (TPSA) is 102 Å². The summed E-state index contributed by atoms with van der Waals surface area (Å²) in [7, 11) is 1.54. The fraction of sp³-hybridized carbons (Fsp3) is 0.733. The number of amides is 1. The van der Waals surface area contributed by atoms with Gasteiger partial charge in [0, 0.05) is 26.2 Å². The summed E-state index contributed by atoms with van der Waals surface area (Å²) in [5, 5.41) is 21.2. The van der Waals surface area contributed by atoms with E-state index in [1.165, 1.54) is 50.1 Å². The lowest BCUT2D eigenvalue weighted by atomic mass is 10.1. The van der Waals surface area contributed by atoms with E-state index in [9.17, 15) is 14.9 Å². The summed E-state index contributed by atoms with van der Waals surface area (Å²) in [4.78, 5) is 22.7. The molecule has 0 atom stereocenters. The number of hydrogen-bond donors (Lipinski definition) is 2. The first-order valence-corrected chi connectivity index (χ1v) is 8.20. The van der Waals surface area contributed by atoms with E-state index in [1.807, 2.05) is 0 Å². The van der Waals surface area contributed by atoms with Crippen LogP contribution in [0.2, 0.25) is 0 Å². The Morgan fingerprint density at radius 1 is 1.29 bits per heavy atom. The van der Waals surface area contributed by atoms with Crippen LogP contribution in [0, 0.1) is 17.0 Å². The Hall–Kier alpha value is -1.67. The highest BCUT2D eigenvalue weighted by Gasteiger charge is 2.28. The molecule has 2 rings (SSSR count). The van der Waals surface area contributed by atoms with Gasteiger partial charge in [-0.15, -0.1) is 12.4 Å². The molecule has 0 aliphatic heterocycles. The van der Waals surface area contributed by atoms with Gasteiger partial charge in [0.2, 0.25) is 5.69 Å². The third-order valence-electron chi connectivity index (χ3n) is 4.29. The maximum Gasteiger partial charge on any atom is 0.322 e. The van der Waals surface area contributed by atoms with E-state index in [-0.39, 0.29) is 29.5 Å². The third kappa shape index (κ3) is 5.17. The van der Waals surface area contributed by atoms with E-state index in [0.29, 0.717) is 19.1 Å². The molecule has 24 heavy (non-hydrogen) atoms. The fourth-order valence-electron chi connectivity index (χ4n) is 3.14. The zero-order valence-corrected chi connectivity index (χ0v) is 15.0. The predicted molar refractivity (Wildman–Crippen MR) is 93.7 cm³/mol. The van der Waals surface area contributed by atoms with Crippen LogP contribution in [0.3, 0.4) is 0 Å². The summed E-state index contributed by atoms with van der Waals surface area (Å²) in [6.07, 6.45) is 7.48. The van der Waals surface area contributed by atoms with Crippen molar-refractivity contribution < 1.29 is 9.72 Å². The van der Waals surface area contributed by atoms with Gasteiger partial charge in [0.05, 0.1) is 4.92 Å². The Bertz CT molecular complexity index is 568. The zero-order valence-electron chi connectivity index (χ0n) is 14.2. The lowest BCUT2D eigenvalue weighted by Gasteiger charge is -2.16. The molecule has 0 spiro atoms. The molecule has 1 aromatic rings. The molecule has 1 heterocycles. The lowest BCUT2D eigenvalue weighted by Crippen LogP contribution is -2.37. The molecule has 0 unspecified atom stereocenters. The predicted octanol–water partition coefficient (Wildman–Crippen LogP) is 2.10. The molecule has 1 amide bonds. The van der Waals surface area contributed by atoms with Crippen molar-refractivity contribution in [3.05, 3.63) is 21.5 Å². The van der Waals surface area contributed by atoms with Crippen LogP contribution in [0.1, 0.15) is 54.7 Å². The summed E-state index contributed by atoms with van der Waals surface area (Å²) in [6.45, 7) is 2.64. The van der Waals surface area contributed by atoms with Crippen LogP contribution >= 0.6 is 12.4 Å². The van der Waals surface area contributed by atoms with E-state index < -0.39 is 10.8 Å². The molecule has 1 aromatic heterocycles. The molecule has 1 saturated carbocycles. The molecule has 1 fully saturated rings. The van der Waals surface area contributed by atoms with Gasteiger partial charge in [0.15, 0.2) is 0 Å². The second kappa shape index (κ2) is 9.58. The van der Waals surface area contributed by atoms with Gasteiger partial charge < -0.3 is 10.6 Å². The maximum atomic E-state index is 12.2. The highest BCUT2D eigenvalue weighted by Crippen LogP contribution is 2.21. The number of halogens is 1. The molecule has 0 radical (unpaired) electrons. The summed E-state index contributed by atoms with van der Waals surface area (Å²) in [6, 6.07) is 0.516. The van der Waals surface area contributed by atoms with Crippen molar-refractivity contribution in [3.63, 3.8) is 0 Å². The average molecular weight is 360 g/mol. The van der Waals surface area contributed by atoms with Crippen LogP contribution in [0.4, 0.5) is 5.69 Å². The highest BCUT2D eigenvalue weighted by molar-refractivity contribution is 5.96. The number of nitrogens with one attached hydrogen (secondary N) is 2. The number of aryl methyl sites for hydroxylation is 2. The number of carbonyl (C=O) groups excluding carboxylic acids is 1. The summed E-state index contributed by atoms with van der Waals surface area (Å²) in [5.41, 5.74) is 0.0305. The van der Waals surface area contributed by atoms with Crippen LogP contribution in [0.15, 0.2) is 0 Å². The number of aromatic nitrogens is 2. The smallest absolute Gasteiger partial charge is 0.322 e. The van der Waals surface area contributed by atoms with E-state index in [0.717, 1.165) is 0 Å². The normalized spacial score (nSPS) is 15.4. The first-order chi connectivity index (χ1) is 11.0. The van der Waals surface area contributed by atoms with Gasteiger partial charge in [-0.05, 0) is 19.8 Å². The van der Waals surface area contributed by atoms with Crippen molar-refractivity contribution in [2.45, 2.75) is 51.5 Å². The van der Waals surface area contributed by atoms with Crippen LogP contribution in [0.25, 0.3) is 0 Å². The molecule has 9 heteroatoms. The zero-order chi connectivity index (χ0) is 16.8. The molecule has 2 N–H and O–H groups in total. The average Bonchev–Trinajstić information content (AvgIpc) is 2.67. The first kappa shape index (κ1) is 20.4. The van der Waals surface area contributed by atoms with Crippen LogP contribution in [-0.4, -0.2) is 39.7 Å². The summed E-state index contributed by atoms with van der Waals surface area (Å²) in [5.74, 6) is -0.456. The molecule has 1 aliphatic rings. The van der Waals surface area contributed by atoms with Crippen molar-refractivity contribution in [3.8, 4) is 0 Å². The van der Waals surface area contributed by atoms with E-state index in [2.05, 4.69) is 15.7 Å². The van der Waals surface area contributed by atoms with Crippen molar-refractivity contribution in [2.24, 2.45) is 7.05 Å². The van der Waals surface area contributed by atoms with Gasteiger partial charge in [-0.2, -0.15) is 5.10 Å². The molecular formula is C15H26ClN5O3. The van der Waals surface area contributed by atoms with Gasteiger partial charge in [0.25, 0.3) is 5.91 Å². The van der Waals surface area contributed by atoms with Gasteiger partial charge in [-0.25, -0.2) is 0 Å². The van der Waals surface area contributed by atoms with Crippen LogP contribution < -0.4 is 10.6 Å². The van der Waals surface area contributed by atoms with Crippen molar-refractivity contribution in [1.82, 2.24) is 20.4 Å². The van der Waals surface area contributed by atoms with Crippen molar-refractivity contribution >= 4 is 24.0 Å². The van der Waals surface area contributed by atoms with Crippen LogP contribution in [0.5, 0.6) is 0 Å². The lowest BCUT2D eigenvalue weighted by molar-refractivity contribution is -0.385. The minimum atomic E-state index is -0.555. The number of nitrogens with zero attached hydrogens (tertiary/aromatic N) is 3. The molecule has 1 aliphatic carbocycles. The van der Waals surface area contributed by atoms with Crippen molar-refractivity contribution in [1.29, 1.82) is 0 Å². The Morgan fingerprint density at radius 3 is 2.50 bits per heavy atom. The minimum Gasteiger partial charge on any atom is -0.349 e. The van der Waals surface area contributed by atoms with E-state index in [4.69, 9.17) is 0 Å². The van der Waals surface area contributed by atoms with Crippen LogP contribution in [-0.2, 0) is 7.05 Å². The van der Waals surface area contributed by atoms with Gasteiger partial charge in [-0.1, -0.05) is 25.7 Å². The SMILES string of the molecule is Cc1nn(C)c(C(=O)NCCNC2CCCCCC2)c1[N+](=O)[O-].Cl. The Balaban J connectivity index is 0.00000288. The van der Waals surface area contributed by atoms with Gasteiger partial charge >= 0.3 is 5.69 Å². The highest BCUT2D eigenvalue weighted by atomic mass is 35.5. The summed E-state index contributed by atoms with van der Waals surface area (Å²) < 4.78 is 1.27. The number of hydrogen-bond acceptors (Lipinski definition) is 5. The fourth-order valence-corrected chi connectivity index (χ4v) is 3.14. The molecular weight excluding hydrogens is 334 g/mol. The maximum absolute atomic E-state index is 12.2.